The molecule has 1 amide bonds. The Bertz CT molecular complexity index is 530. The van der Waals surface area contributed by atoms with E-state index in [0.29, 0.717) is 6.54 Å². The number of hydrogen-bond donors (Lipinski definition) is 3. The molecule has 2 rings (SSSR count). The zero-order valence-electron chi connectivity index (χ0n) is 11.5. The van der Waals surface area contributed by atoms with E-state index in [4.69, 9.17) is 5.73 Å². The van der Waals surface area contributed by atoms with Gasteiger partial charge in [0.2, 0.25) is 0 Å². The normalized spacial score (nSPS) is 15.6. The molecule has 0 unspecified atom stereocenters. The van der Waals surface area contributed by atoms with Crippen molar-refractivity contribution in [1.29, 1.82) is 0 Å². The largest absolute Gasteiger partial charge is 0.368 e. The molecule has 0 bridgehead atoms. The van der Waals surface area contributed by atoms with Gasteiger partial charge < -0.3 is 16.4 Å². The molecule has 0 aromatic carbocycles. The number of nitro groups is 1. The highest BCUT2D eigenvalue weighted by atomic mass is 16.6. The molecule has 0 saturated carbocycles. The van der Waals surface area contributed by atoms with E-state index in [2.05, 4.69) is 20.5 Å². The maximum atomic E-state index is 11.4. The molecule has 21 heavy (non-hydrogen) atoms. The summed E-state index contributed by atoms with van der Waals surface area (Å²) in [5.41, 5.74) is 5.02. The Morgan fingerprint density at radius 3 is 2.86 bits per heavy atom. The van der Waals surface area contributed by atoms with Crippen molar-refractivity contribution in [3.63, 3.8) is 0 Å². The van der Waals surface area contributed by atoms with Crippen LogP contribution in [0.5, 0.6) is 0 Å². The van der Waals surface area contributed by atoms with E-state index in [9.17, 15) is 14.9 Å². The van der Waals surface area contributed by atoms with Crippen molar-refractivity contribution in [3.8, 4) is 0 Å². The van der Waals surface area contributed by atoms with Crippen molar-refractivity contribution in [1.82, 2.24) is 15.2 Å². The van der Waals surface area contributed by atoms with Gasteiger partial charge in [-0.05, 0) is 0 Å². The van der Waals surface area contributed by atoms with Gasteiger partial charge >= 0.3 is 0 Å². The molecule has 114 valence electrons. The van der Waals surface area contributed by atoms with Crippen molar-refractivity contribution in [2.75, 3.05) is 44.6 Å². The molecule has 0 spiro atoms. The lowest BCUT2D eigenvalue weighted by atomic mass is 10.2. The molecular formula is C12H18N6O3. The Morgan fingerprint density at radius 2 is 2.24 bits per heavy atom. The molecule has 1 aliphatic heterocycles. The highest BCUT2D eigenvalue weighted by molar-refractivity contribution is 5.98. The number of pyridine rings is 1. The second-order valence-corrected chi connectivity index (χ2v) is 4.73. The van der Waals surface area contributed by atoms with E-state index in [1.807, 2.05) is 0 Å². The number of rotatable bonds is 6. The fourth-order valence-corrected chi connectivity index (χ4v) is 2.15. The Balaban J connectivity index is 1.98. The molecule has 9 heteroatoms. The number of aromatic nitrogens is 1. The first-order valence-electron chi connectivity index (χ1n) is 6.69. The lowest BCUT2D eigenvalue weighted by molar-refractivity contribution is -0.385. The van der Waals surface area contributed by atoms with E-state index >= 15 is 0 Å². The predicted octanol–water partition coefficient (Wildman–Crippen LogP) is -0.594. The minimum Gasteiger partial charge on any atom is -0.368 e. The number of carbonyl (C=O) groups excluding carboxylic acids is 1. The fourth-order valence-electron chi connectivity index (χ4n) is 2.15. The summed E-state index contributed by atoms with van der Waals surface area (Å²) < 4.78 is 0. The highest BCUT2D eigenvalue weighted by Crippen LogP contribution is 2.18. The van der Waals surface area contributed by atoms with Crippen molar-refractivity contribution < 1.29 is 9.72 Å². The summed E-state index contributed by atoms with van der Waals surface area (Å²) in [6, 6.07) is 1.14. The average Bonchev–Trinajstić information content (AvgIpc) is 2.48. The number of amides is 1. The van der Waals surface area contributed by atoms with Crippen LogP contribution in [0, 0.1) is 10.1 Å². The molecule has 0 atom stereocenters. The van der Waals surface area contributed by atoms with Gasteiger partial charge in [-0.15, -0.1) is 0 Å². The van der Waals surface area contributed by atoms with E-state index < -0.39 is 10.8 Å². The first-order valence-corrected chi connectivity index (χ1v) is 6.69. The quantitative estimate of drug-likeness (QED) is 0.472. The zero-order valence-corrected chi connectivity index (χ0v) is 11.5. The first kappa shape index (κ1) is 15.1. The summed E-state index contributed by atoms with van der Waals surface area (Å²) >= 11 is 0. The van der Waals surface area contributed by atoms with Crippen molar-refractivity contribution in [2.45, 2.75) is 0 Å². The lowest BCUT2D eigenvalue weighted by Gasteiger charge is -2.27. The second kappa shape index (κ2) is 6.95. The van der Waals surface area contributed by atoms with Crippen LogP contribution >= 0.6 is 0 Å². The molecule has 9 nitrogen and oxygen atoms in total. The van der Waals surface area contributed by atoms with Crippen molar-refractivity contribution in [2.24, 2.45) is 5.73 Å². The third-order valence-electron chi connectivity index (χ3n) is 3.28. The third kappa shape index (κ3) is 4.10. The maximum Gasteiger partial charge on any atom is 0.288 e. The van der Waals surface area contributed by atoms with Crippen LogP contribution in [0.15, 0.2) is 12.3 Å². The van der Waals surface area contributed by atoms with E-state index in [0.717, 1.165) is 45.0 Å². The summed E-state index contributed by atoms with van der Waals surface area (Å²) in [5.74, 6) is -0.459. The lowest BCUT2D eigenvalue weighted by Crippen LogP contribution is -2.45. The Labute approximate surface area is 121 Å². The number of anilines is 1. The van der Waals surface area contributed by atoms with Gasteiger partial charge in [-0.25, -0.2) is 4.98 Å². The van der Waals surface area contributed by atoms with Crippen LogP contribution in [0.2, 0.25) is 0 Å². The molecule has 1 aromatic rings. The molecule has 1 aromatic heterocycles. The molecule has 1 saturated heterocycles. The third-order valence-corrected chi connectivity index (χ3v) is 3.28. The SMILES string of the molecule is NC(=O)c1cc([N+](=O)[O-])cnc1NCCN1CCNCC1. The van der Waals surface area contributed by atoms with E-state index in [1.54, 1.807) is 0 Å². The van der Waals surface area contributed by atoms with Crippen LogP contribution in [-0.4, -0.2) is 60.0 Å². The average molecular weight is 294 g/mol. The standard InChI is InChI=1S/C12H18N6O3/c13-11(19)10-7-9(18(20)21)8-16-12(10)15-3-6-17-4-1-14-2-5-17/h7-8,14H,1-6H2,(H2,13,19)(H,15,16). The summed E-state index contributed by atoms with van der Waals surface area (Å²) in [7, 11) is 0. The van der Waals surface area contributed by atoms with Crippen LogP contribution in [-0.2, 0) is 0 Å². The van der Waals surface area contributed by atoms with Gasteiger partial charge in [0.25, 0.3) is 11.6 Å². The number of piperazine rings is 1. The van der Waals surface area contributed by atoms with Crippen molar-refractivity contribution >= 4 is 17.4 Å². The minimum atomic E-state index is -0.740. The second-order valence-electron chi connectivity index (χ2n) is 4.73. The van der Waals surface area contributed by atoms with Gasteiger partial charge in [-0.3, -0.25) is 19.8 Å². The van der Waals surface area contributed by atoms with Gasteiger partial charge in [0.15, 0.2) is 0 Å². The van der Waals surface area contributed by atoms with E-state index in [1.165, 1.54) is 0 Å². The number of nitrogens with one attached hydrogen (secondary N) is 2. The summed E-state index contributed by atoms with van der Waals surface area (Å²) in [6.07, 6.45) is 1.11. The summed E-state index contributed by atoms with van der Waals surface area (Å²) in [5, 5.41) is 17.0. The number of primary amides is 1. The van der Waals surface area contributed by atoms with Crippen LogP contribution in [0.1, 0.15) is 10.4 Å². The summed E-state index contributed by atoms with van der Waals surface area (Å²) in [6.45, 7) is 5.25. The molecule has 1 fully saturated rings. The van der Waals surface area contributed by atoms with Gasteiger partial charge in [0, 0.05) is 45.3 Å². The molecular weight excluding hydrogens is 276 g/mol. The topological polar surface area (TPSA) is 126 Å². The highest BCUT2D eigenvalue weighted by Gasteiger charge is 2.16. The number of nitrogens with zero attached hydrogens (tertiary/aromatic N) is 3. The Kier molecular flexibility index (Phi) is 5.01. The minimum absolute atomic E-state index is 0.0320. The smallest absolute Gasteiger partial charge is 0.288 e. The maximum absolute atomic E-state index is 11.4. The predicted molar refractivity (Wildman–Crippen MR) is 77.2 cm³/mol. The number of carbonyl (C=O) groups is 1. The zero-order chi connectivity index (χ0) is 15.2. The molecule has 0 radical (unpaired) electrons. The first-order chi connectivity index (χ1) is 10.1. The Morgan fingerprint density at radius 1 is 1.52 bits per heavy atom. The monoisotopic (exact) mass is 294 g/mol. The molecule has 2 heterocycles. The summed E-state index contributed by atoms with van der Waals surface area (Å²) in [4.78, 5) is 27.6. The van der Waals surface area contributed by atoms with Gasteiger partial charge in [0.05, 0.1) is 10.5 Å². The number of hydrogen-bond acceptors (Lipinski definition) is 7. The van der Waals surface area contributed by atoms with Crippen LogP contribution in [0.3, 0.4) is 0 Å². The van der Waals surface area contributed by atoms with E-state index in [-0.39, 0.29) is 17.1 Å². The number of nitrogens with two attached hydrogens (primary N) is 1. The van der Waals surface area contributed by atoms with Gasteiger partial charge in [-0.1, -0.05) is 0 Å². The van der Waals surface area contributed by atoms with Crippen LogP contribution in [0.4, 0.5) is 11.5 Å². The molecule has 1 aliphatic rings. The molecule has 0 aliphatic carbocycles. The van der Waals surface area contributed by atoms with Crippen LogP contribution < -0.4 is 16.4 Å². The van der Waals surface area contributed by atoms with Crippen LogP contribution in [0.25, 0.3) is 0 Å². The fraction of sp³-hybridized carbons (Fsp3) is 0.500. The van der Waals surface area contributed by atoms with Crippen molar-refractivity contribution in [3.05, 3.63) is 27.9 Å². The van der Waals surface area contributed by atoms with Gasteiger partial charge in [0.1, 0.15) is 12.0 Å². The van der Waals surface area contributed by atoms with Gasteiger partial charge in [-0.2, -0.15) is 0 Å². The molecule has 4 N–H and O–H groups in total. The Hall–Kier alpha value is -2.26.